The molecule has 8 nitrogen and oxygen atoms in total. The quantitative estimate of drug-likeness (QED) is 0.411. The van der Waals surface area contributed by atoms with Crippen LogP contribution < -0.4 is 4.74 Å². The molecule has 0 atom stereocenters. The molecule has 160 valence electrons. The Hall–Kier alpha value is -4.66. The summed E-state index contributed by atoms with van der Waals surface area (Å²) in [7, 11) is 1.60. The van der Waals surface area contributed by atoms with E-state index in [1.165, 1.54) is 12.1 Å². The van der Waals surface area contributed by atoms with Crippen LogP contribution >= 0.6 is 0 Å². The minimum Gasteiger partial charge on any atom is -0.495 e. The van der Waals surface area contributed by atoms with Gasteiger partial charge in [0.15, 0.2) is 17.2 Å². The van der Waals surface area contributed by atoms with Crippen LogP contribution in [0.5, 0.6) is 5.75 Å². The Labute approximate surface area is 186 Å². The van der Waals surface area contributed by atoms with Crippen molar-refractivity contribution in [2.45, 2.75) is 0 Å². The molecule has 5 heterocycles. The van der Waals surface area contributed by atoms with Gasteiger partial charge in [0.25, 0.3) is 0 Å². The second-order valence-electron chi connectivity index (χ2n) is 7.43. The maximum absolute atomic E-state index is 13.8. The van der Waals surface area contributed by atoms with Gasteiger partial charge >= 0.3 is 0 Å². The zero-order valence-corrected chi connectivity index (χ0v) is 17.4. The Morgan fingerprint density at radius 3 is 2.79 bits per heavy atom. The van der Waals surface area contributed by atoms with Gasteiger partial charge in [0.2, 0.25) is 0 Å². The van der Waals surface area contributed by atoms with E-state index < -0.39 is 0 Å². The molecule has 6 rings (SSSR count). The van der Waals surface area contributed by atoms with Crippen molar-refractivity contribution in [1.29, 1.82) is 0 Å². The van der Waals surface area contributed by atoms with Crippen LogP contribution in [0.2, 0.25) is 0 Å². The van der Waals surface area contributed by atoms with Gasteiger partial charge in [-0.2, -0.15) is 5.10 Å². The molecule has 33 heavy (non-hydrogen) atoms. The van der Waals surface area contributed by atoms with Crippen LogP contribution in [0.15, 0.2) is 67.1 Å². The monoisotopic (exact) mass is 437 g/mol. The van der Waals surface area contributed by atoms with E-state index in [2.05, 4.69) is 30.1 Å². The van der Waals surface area contributed by atoms with Crippen molar-refractivity contribution in [1.82, 2.24) is 35.1 Å². The summed E-state index contributed by atoms with van der Waals surface area (Å²) in [6, 6.07) is 13.9. The lowest BCUT2D eigenvalue weighted by molar-refractivity contribution is 0.413. The molecule has 2 N–H and O–H groups in total. The van der Waals surface area contributed by atoms with Crippen molar-refractivity contribution >= 4 is 22.2 Å². The van der Waals surface area contributed by atoms with Gasteiger partial charge in [-0.1, -0.05) is 12.1 Å². The van der Waals surface area contributed by atoms with E-state index in [1.54, 1.807) is 31.8 Å². The molecule has 5 aromatic heterocycles. The molecule has 1 aromatic carbocycles. The highest BCUT2D eigenvalue weighted by Gasteiger charge is 2.17. The third-order valence-corrected chi connectivity index (χ3v) is 5.40. The number of nitrogens with zero attached hydrogens (tertiary/aromatic N) is 5. The van der Waals surface area contributed by atoms with E-state index in [-0.39, 0.29) is 5.82 Å². The van der Waals surface area contributed by atoms with Crippen LogP contribution in [0.4, 0.5) is 4.39 Å². The van der Waals surface area contributed by atoms with Crippen LogP contribution in [0.3, 0.4) is 0 Å². The normalized spacial score (nSPS) is 11.3. The summed E-state index contributed by atoms with van der Waals surface area (Å²) in [5.74, 6) is 0.857. The summed E-state index contributed by atoms with van der Waals surface area (Å²) in [5.41, 5.74) is 6.27. The second-order valence-corrected chi connectivity index (χ2v) is 7.43. The maximum Gasteiger partial charge on any atom is 0.178 e. The van der Waals surface area contributed by atoms with Crippen LogP contribution in [0, 0.1) is 5.82 Å². The number of rotatable bonds is 4. The highest BCUT2D eigenvalue weighted by atomic mass is 19.1. The number of fused-ring (bicyclic) bond motifs is 2. The zero-order valence-electron chi connectivity index (χ0n) is 17.4. The lowest BCUT2D eigenvalue weighted by Crippen LogP contribution is -1.89. The average Bonchev–Trinajstić information content (AvgIpc) is 3.47. The van der Waals surface area contributed by atoms with Crippen molar-refractivity contribution in [3.63, 3.8) is 0 Å². The molecule has 0 radical (unpaired) electrons. The number of ether oxygens (including phenoxy) is 1. The highest BCUT2D eigenvalue weighted by molar-refractivity contribution is 5.94. The molecular formula is C24H16FN7O. The number of halogens is 1. The molecule has 0 fully saturated rings. The highest BCUT2D eigenvalue weighted by Crippen LogP contribution is 2.31. The zero-order chi connectivity index (χ0) is 22.4. The number of hydrogen-bond acceptors (Lipinski definition) is 6. The third kappa shape index (κ3) is 3.26. The first kappa shape index (κ1) is 19.1. The summed E-state index contributed by atoms with van der Waals surface area (Å²) >= 11 is 0. The Bertz CT molecular complexity index is 1640. The first-order chi connectivity index (χ1) is 16.2. The van der Waals surface area contributed by atoms with E-state index in [9.17, 15) is 4.39 Å². The smallest absolute Gasteiger partial charge is 0.178 e. The number of H-pyrrole nitrogens is 2. The molecular weight excluding hydrogens is 421 g/mol. The predicted molar refractivity (Wildman–Crippen MR) is 122 cm³/mol. The summed E-state index contributed by atoms with van der Waals surface area (Å²) in [5, 5.41) is 7.44. The second kappa shape index (κ2) is 7.49. The Morgan fingerprint density at radius 1 is 0.970 bits per heavy atom. The number of pyridine rings is 3. The van der Waals surface area contributed by atoms with Gasteiger partial charge in [-0.15, -0.1) is 0 Å². The summed E-state index contributed by atoms with van der Waals surface area (Å²) < 4.78 is 19.1. The fourth-order valence-corrected chi connectivity index (χ4v) is 3.82. The number of aromatic amines is 2. The van der Waals surface area contributed by atoms with Crippen molar-refractivity contribution in [3.05, 3.63) is 72.9 Å². The average molecular weight is 437 g/mol. The lowest BCUT2D eigenvalue weighted by atomic mass is 10.1. The van der Waals surface area contributed by atoms with Crippen molar-refractivity contribution in [2.24, 2.45) is 0 Å². The van der Waals surface area contributed by atoms with Crippen LogP contribution in [-0.2, 0) is 0 Å². The molecule has 0 aliphatic carbocycles. The molecule has 0 spiro atoms. The van der Waals surface area contributed by atoms with Gasteiger partial charge in [0.1, 0.15) is 17.1 Å². The van der Waals surface area contributed by atoms with E-state index >= 15 is 0 Å². The lowest BCUT2D eigenvalue weighted by Gasteiger charge is -2.04. The topological polar surface area (TPSA) is 105 Å². The largest absolute Gasteiger partial charge is 0.495 e. The number of benzene rings is 1. The number of methoxy groups -OCH3 is 1. The molecule has 6 aromatic rings. The Balaban J connectivity index is 1.49. The molecule has 0 amide bonds. The van der Waals surface area contributed by atoms with Crippen molar-refractivity contribution in [2.75, 3.05) is 7.11 Å². The van der Waals surface area contributed by atoms with Crippen LogP contribution in [0.25, 0.3) is 56.1 Å². The number of hydrogen-bond donors (Lipinski definition) is 2. The first-order valence-corrected chi connectivity index (χ1v) is 10.1. The summed E-state index contributed by atoms with van der Waals surface area (Å²) in [4.78, 5) is 21.3. The van der Waals surface area contributed by atoms with Gasteiger partial charge in [0, 0.05) is 23.5 Å². The van der Waals surface area contributed by atoms with Gasteiger partial charge in [-0.05, 0) is 42.0 Å². The number of aromatic nitrogens is 7. The molecule has 0 bridgehead atoms. The Morgan fingerprint density at radius 2 is 1.91 bits per heavy atom. The van der Waals surface area contributed by atoms with Gasteiger partial charge in [-0.25, -0.2) is 19.3 Å². The third-order valence-electron chi connectivity index (χ3n) is 5.40. The Kier molecular flexibility index (Phi) is 4.32. The maximum atomic E-state index is 13.8. The minimum absolute atomic E-state index is 0.306. The van der Waals surface area contributed by atoms with Gasteiger partial charge < -0.3 is 9.72 Å². The molecule has 0 saturated heterocycles. The number of imidazole rings is 1. The van der Waals surface area contributed by atoms with E-state index in [1.807, 2.05) is 30.3 Å². The summed E-state index contributed by atoms with van der Waals surface area (Å²) in [6.45, 7) is 0. The van der Waals surface area contributed by atoms with Crippen molar-refractivity contribution in [3.8, 4) is 39.7 Å². The fourth-order valence-electron chi connectivity index (χ4n) is 3.82. The fraction of sp³-hybridized carbons (Fsp3) is 0.0417. The molecule has 0 saturated carbocycles. The van der Waals surface area contributed by atoms with E-state index in [0.29, 0.717) is 33.9 Å². The van der Waals surface area contributed by atoms with Crippen molar-refractivity contribution < 1.29 is 9.13 Å². The van der Waals surface area contributed by atoms with Crippen LogP contribution in [-0.4, -0.2) is 42.2 Å². The summed E-state index contributed by atoms with van der Waals surface area (Å²) in [6.07, 6.45) is 5.03. The molecule has 9 heteroatoms. The predicted octanol–water partition coefficient (Wildman–Crippen LogP) is 4.77. The first-order valence-electron chi connectivity index (χ1n) is 10.1. The minimum atomic E-state index is -0.306. The SMILES string of the molecule is COc1cncc(-c2ccc3[nH]nc(-c4nc5nccc(-c6cccc(F)c6)c5[nH]4)c3n2)c1. The molecule has 0 aliphatic heterocycles. The molecule has 0 unspecified atom stereocenters. The standard InChI is InChI=1S/C24H16FN7O/c1-33-16-10-14(11-26-12-16)18-5-6-19-21(28-18)22(32-31-19)24-29-20-17(7-8-27-23(20)30-24)13-3-2-4-15(25)9-13/h2-12H,1H3,(H,31,32)(H,27,29,30). The van der Waals surface area contributed by atoms with Gasteiger partial charge in [-0.3, -0.25) is 10.1 Å². The number of nitrogens with one attached hydrogen (secondary N) is 2. The van der Waals surface area contributed by atoms with Crippen LogP contribution in [0.1, 0.15) is 0 Å². The molecule has 0 aliphatic rings. The van der Waals surface area contributed by atoms with E-state index in [4.69, 9.17) is 9.72 Å². The van der Waals surface area contributed by atoms with E-state index in [0.717, 1.165) is 27.9 Å². The van der Waals surface area contributed by atoms with Gasteiger partial charge in [0.05, 0.1) is 30.0 Å².